The van der Waals surface area contributed by atoms with Crippen molar-refractivity contribution in [2.45, 2.75) is 12.5 Å². The molecule has 2 amide bonds. The van der Waals surface area contributed by atoms with E-state index in [0.29, 0.717) is 5.01 Å². The third-order valence-electron chi connectivity index (χ3n) is 4.30. The molecular formula is C20H15FN4O3S. The van der Waals surface area contributed by atoms with Gasteiger partial charge in [0.1, 0.15) is 28.0 Å². The number of aliphatic hydroxyl groups excluding tert-OH is 1. The van der Waals surface area contributed by atoms with Crippen molar-refractivity contribution in [2.24, 2.45) is 0 Å². The molecule has 3 heterocycles. The monoisotopic (exact) mass is 410 g/mol. The molecule has 0 aliphatic carbocycles. The van der Waals surface area contributed by atoms with Crippen LogP contribution in [0, 0.1) is 5.82 Å². The van der Waals surface area contributed by atoms with Crippen LogP contribution in [0.3, 0.4) is 0 Å². The Balaban J connectivity index is 1.51. The zero-order valence-electron chi connectivity index (χ0n) is 14.9. The maximum absolute atomic E-state index is 12.9. The number of aromatic nitrogens is 2. The topological polar surface area (TPSA) is 104 Å². The summed E-state index contributed by atoms with van der Waals surface area (Å²) in [4.78, 5) is 33.1. The average molecular weight is 410 g/mol. The molecule has 0 saturated heterocycles. The highest BCUT2D eigenvalue weighted by Crippen LogP contribution is 2.31. The smallest absolute Gasteiger partial charge is 0.265 e. The third kappa shape index (κ3) is 3.99. The van der Waals surface area contributed by atoms with Crippen LogP contribution < -0.4 is 10.6 Å². The molecule has 0 spiro atoms. The lowest BCUT2D eigenvalue weighted by Crippen LogP contribution is -2.39. The third-order valence-corrected chi connectivity index (χ3v) is 5.26. The minimum absolute atomic E-state index is 0.0348. The number of nitrogens with one attached hydrogen (secondary N) is 2. The molecule has 9 heteroatoms. The zero-order chi connectivity index (χ0) is 20.4. The fraction of sp³-hybridized carbons (Fsp3) is 0.100. The quantitative estimate of drug-likeness (QED) is 0.572. The molecule has 7 nitrogen and oxygen atoms in total. The summed E-state index contributed by atoms with van der Waals surface area (Å²) in [6.07, 6.45) is 0.973. The van der Waals surface area contributed by atoms with Gasteiger partial charge >= 0.3 is 0 Å². The van der Waals surface area contributed by atoms with E-state index < -0.39 is 29.2 Å². The molecule has 1 atom stereocenters. The van der Waals surface area contributed by atoms with Gasteiger partial charge in [0.2, 0.25) is 0 Å². The van der Waals surface area contributed by atoms with E-state index in [1.54, 1.807) is 0 Å². The van der Waals surface area contributed by atoms with Crippen LogP contribution in [0.2, 0.25) is 0 Å². The lowest BCUT2D eigenvalue weighted by molar-refractivity contribution is -0.123. The number of pyridine rings is 1. The summed E-state index contributed by atoms with van der Waals surface area (Å²) in [5.41, 5.74) is 1.32. The SMILES string of the molecule is O=C(Nc1ccc(F)cn1)C1=C(O)CC(c2nc(-c3ccccc3)cs2)NC1=O. The van der Waals surface area contributed by atoms with Crippen LogP contribution in [0.5, 0.6) is 0 Å². The van der Waals surface area contributed by atoms with Crippen molar-refractivity contribution in [3.63, 3.8) is 0 Å². The molecular weight excluding hydrogens is 395 g/mol. The minimum Gasteiger partial charge on any atom is -0.511 e. The molecule has 4 rings (SSSR count). The minimum atomic E-state index is -0.818. The molecule has 0 radical (unpaired) electrons. The summed E-state index contributed by atoms with van der Waals surface area (Å²) in [6, 6.07) is 11.4. The Morgan fingerprint density at radius 3 is 2.72 bits per heavy atom. The summed E-state index contributed by atoms with van der Waals surface area (Å²) >= 11 is 1.36. The molecule has 2 aromatic heterocycles. The zero-order valence-corrected chi connectivity index (χ0v) is 15.7. The normalized spacial score (nSPS) is 16.4. The van der Waals surface area contributed by atoms with E-state index in [2.05, 4.69) is 20.6 Å². The number of benzene rings is 1. The first-order valence-corrected chi connectivity index (χ1v) is 9.56. The molecule has 0 fully saturated rings. The molecule has 1 aliphatic rings. The summed E-state index contributed by atoms with van der Waals surface area (Å²) in [5.74, 6) is -2.35. The largest absolute Gasteiger partial charge is 0.511 e. The van der Waals surface area contributed by atoms with Crippen LogP contribution in [0.15, 0.2) is 65.4 Å². The van der Waals surface area contributed by atoms with Gasteiger partial charge in [-0.15, -0.1) is 11.3 Å². The second-order valence-electron chi connectivity index (χ2n) is 6.30. The van der Waals surface area contributed by atoms with Gasteiger partial charge in [0.15, 0.2) is 0 Å². The molecule has 1 aromatic carbocycles. The fourth-order valence-corrected chi connectivity index (χ4v) is 3.79. The highest BCUT2D eigenvalue weighted by molar-refractivity contribution is 7.10. The van der Waals surface area contributed by atoms with E-state index in [1.165, 1.54) is 17.4 Å². The highest BCUT2D eigenvalue weighted by atomic mass is 32.1. The van der Waals surface area contributed by atoms with E-state index in [-0.39, 0.29) is 18.0 Å². The number of aliphatic hydroxyl groups is 1. The lowest BCUT2D eigenvalue weighted by atomic mass is 10.0. The van der Waals surface area contributed by atoms with Crippen molar-refractivity contribution in [3.05, 3.63) is 76.2 Å². The number of hydrogen-bond donors (Lipinski definition) is 3. The van der Waals surface area contributed by atoms with Crippen molar-refractivity contribution in [2.75, 3.05) is 5.32 Å². The molecule has 146 valence electrons. The first kappa shape index (κ1) is 18.8. The van der Waals surface area contributed by atoms with E-state index in [9.17, 15) is 19.1 Å². The van der Waals surface area contributed by atoms with Gasteiger partial charge in [-0.3, -0.25) is 9.59 Å². The Labute approximate surface area is 169 Å². The van der Waals surface area contributed by atoms with Crippen molar-refractivity contribution in [1.82, 2.24) is 15.3 Å². The number of rotatable bonds is 4. The van der Waals surface area contributed by atoms with Crippen LogP contribution in [-0.4, -0.2) is 26.9 Å². The van der Waals surface area contributed by atoms with Crippen molar-refractivity contribution in [3.8, 4) is 11.3 Å². The van der Waals surface area contributed by atoms with Crippen LogP contribution >= 0.6 is 11.3 Å². The first-order chi connectivity index (χ1) is 14.0. The van der Waals surface area contributed by atoms with Gasteiger partial charge in [0.05, 0.1) is 17.9 Å². The average Bonchev–Trinajstić information content (AvgIpc) is 3.20. The van der Waals surface area contributed by atoms with Crippen molar-refractivity contribution in [1.29, 1.82) is 0 Å². The maximum atomic E-state index is 12.9. The molecule has 1 aliphatic heterocycles. The first-order valence-electron chi connectivity index (χ1n) is 8.68. The van der Waals surface area contributed by atoms with Gasteiger partial charge in [-0.1, -0.05) is 30.3 Å². The standard InChI is InChI=1S/C20H15FN4O3S/c21-12-6-7-16(22-9-12)25-19(28)17-15(26)8-13(23-18(17)27)20-24-14(10-29-20)11-4-2-1-3-5-11/h1-7,9-10,13,26H,8H2,(H,23,27)(H,22,25,28). The number of carbonyl (C=O) groups excluding carboxylic acids is 2. The number of thiazole rings is 1. The van der Waals surface area contributed by atoms with Crippen LogP contribution in [0.4, 0.5) is 10.2 Å². The number of anilines is 1. The van der Waals surface area contributed by atoms with Gasteiger partial charge in [0.25, 0.3) is 11.8 Å². The summed E-state index contributed by atoms with van der Waals surface area (Å²) in [5, 5.41) is 17.9. The fourth-order valence-electron chi connectivity index (χ4n) is 2.91. The summed E-state index contributed by atoms with van der Waals surface area (Å²) in [6.45, 7) is 0. The van der Waals surface area contributed by atoms with Crippen molar-refractivity contribution < 1.29 is 19.1 Å². The van der Waals surface area contributed by atoms with E-state index in [1.807, 2.05) is 35.7 Å². The number of nitrogens with zero attached hydrogens (tertiary/aromatic N) is 2. The Bertz CT molecular complexity index is 1100. The van der Waals surface area contributed by atoms with Crippen LogP contribution in [0.25, 0.3) is 11.3 Å². The second-order valence-corrected chi connectivity index (χ2v) is 7.19. The number of amides is 2. The Hall–Kier alpha value is -3.59. The maximum Gasteiger partial charge on any atom is 0.265 e. The molecule has 29 heavy (non-hydrogen) atoms. The summed E-state index contributed by atoms with van der Waals surface area (Å²) < 4.78 is 12.9. The lowest BCUT2D eigenvalue weighted by Gasteiger charge is -2.23. The Morgan fingerprint density at radius 1 is 1.24 bits per heavy atom. The van der Waals surface area contributed by atoms with Gasteiger partial charge in [-0.2, -0.15) is 0 Å². The second kappa shape index (κ2) is 7.80. The van der Waals surface area contributed by atoms with Gasteiger partial charge in [-0.25, -0.2) is 14.4 Å². The van der Waals surface area contributed by atoms with Crippen molar-refractivity contribution >= 4 is 29.0 Å². The number of halogens is 1. The number of hydrogen-bond acceptors (Lipinski definition) is 6. The van der Waals surface area contributed by atoms with Gasteiger partial charge in [0, 0.05) is 17.4 Å². The van der Waals surface area contributed by atoms with Gasteiger partial charge in [-0.05, 0) is 12.1 Å². The van der Waals surface area contributed by atoms with Gasteiger partial charge < -0.3 is 15.7 Å². The van der Waals surface area contributed by atoms with E-state index in [0.717, 1.165) is 23.5 Å². The van der Waals surface area contributed by atoms with E-state index in [4.69, 9.17) is 0 Å². The molecule has 0 saturated carbocycles. The predicted molar refractivity (Wildman–Crippen MR) is 106 cm³/mol. The summed E-state index contributed by atoms with van der Waals surface area (Å²) in [7, 11) is 0. The Kier molecular flexibility index (Phi) is 5.05. The molecule has 0 bridgehead atoms. The van der Waals surface area contributed by atoms with Crippen LogP contribution in [-0.2, 0) is 9.59 Å². The molecule has 1 unspecified atom stereocenters. The molecule has 3 N–H and O–H groups in total. The Morgan fingerprint density at radius 2 is 2.03 bits per heavy atom. The number of carbonyl (C=O) groups is 2. The van der Waals surface area contributed by atoms with Crippen LogP contribution in [0.1, 0.15) is 17.5 Å². The molecule has 3 aromatic rings. The highest BCUT2D eigenvalue weighted by Gasteiger charge is 2.33. The van der Waals surface area contributed by atoms with E-state index >= 15 is 0 Å². The predicted octanol–water partition coefficient (Wildman–Crippen LogP) is 3.36.